The molecule has 7 nitrogen and oxygen atoms in total. The molecule has 0 saturated carbocycles. The fraction of sp³-hybridized carbons (Fsp3) is 0.714. The normalized spacial score (nSPS) is 16.1. The molecule has 0 aromatic carbocycles. The minimum atomic E-state index is -0.149. The fourth-order valence-corrected chi connectivity index (χ4v) is 2.54. The van der Waals surface area contributed by atoms with Gasteiger partial charge in [-0.05, 0) is 19.4 Å². The van der Waals surface area contributed by atoms with E-state index in [-0.39, 0.29) is 5.91 Å². The lowest BCUT2D eigenvalue weighted by Gasteiger charge is -2.26. The first-order valence-corrected chi connectivity index (χ1v) is 7.53. The maximum atomic E-state index is 12.2. The molecule has 118 valence electrons. The number of hydrogen-bond acceptors (Lipinski definition) is 5. The van der Waals surface area contributed by atoms with Crippen LogP contribution >= 0.6 is 0 Å². The van der Waals surface area contributed by atoms with Crippen LogP contribution in [0.5, 0.6) is 0 Å². The number of carbonyl (C=O) groups excluding carboxylic acids is 1. The summed E-state index contributed by atoms with van der Waals surface area (Å²) < 4.78 is 6.87. The van der Waals surface area contributed by atoms with Gasteiger partial charge in [0, 0.05) is 26.7 Å². The monoisotopic (exact) mass is 295 g/mol. The Kier molecular flexibility index (Phi) is 5.58. The molecule has 0 atom stereocenters. The summed E-state index contributed by atoms with van der Waals surface area (Å²) in [6.45, 7) is 7.15. The average molecular weight is 295 g/mol. The highest BCUT2D eigenvalue weighted by molar-refractivity contribution is 5.97. The fourth-order valence-electron chi connectivity index (χ4n) is 2.54. The van der Waals surface area contributed by atoms with Crippen LogP contribution in [0.2, 0.25) is 0 Å². The second-order valence-corrected chi connectivity index (χ2v) is 5.25. The lowest BCUT2D eigenvalue weighted by molar-refractivity contribution is 0.0374. The highest BCUT2D eigenvalue weighted by atomic mass is 16.5. The van der Waals surface area contributed by atoms with Crippen molar-refractivity contribution >= 4 is 11.6 Å². The van der Waals surface area contributed by atoms with Crippen LogP contribution in [0, 0.1) is 0 Å². The number of anilines is 1. The molecule has 0 radical (unpaired) electrons. The summed E-state index contributed by atoms with van der Waals surface area (Å²) in [6, 6.07) is 0. The minimum Gasteiger partial charge on any atom is -0.395 e. The molecule has 21 heavy (non-hydrogen) atoms. The third-order valence-corrected chi connectivity index (χ3v) is 3.75. The van der Waals surface area contributed by atoms with Gasteiger partial charge in [-0.3, -0.25) is 14.4 Å². The van der Waals surface area contributed by atoms with Crippen LogP contribution in [0.1, 0.15) is 29.5 Å². The van der Waals surface area contributed by atoms with Gasteiger partial charge >= 0.3 is 0 Å². The van der Waals surface area contributed by atoms with Crippen LogP contribution in [0.15, 0.2) is 0 Å². The van der Waals surface area contributed by atoms with Crippen LogP contribution < -0.4 is 11.1 Å². The molecular formula is C14H25N5O2. The van der Waals surface area contributed by atoms with E-state index in [0.717, 1.165) is 51.4 Å². The Labute approximate surface area is 125 Å². The lowest BCUT2D eigenvalue weighted by atomic mass is 10.2. The van der Waals surface area contributed by atoms with Gasteiger partial charge in [0.15, 0.2) is 0 Å². The van der Waals surface area contributed by atoms with Crippen molar-refractivity contribution in [2.45, 2.75) is 19.8 Å². The van der Waals surface area contributed by atoms with Crippen molar-refractivity contribution in [1.29, 1.82) is 0 Å². The molecule has 1 aliphatic rings. The summed E-state index contributed by atoms with van der Waals surface area (Å²) in [5.41, 5.74) is 7.69. The Balaban J connectivity index is 1.78. The number of ether oxygens (including phenoxy) is 1. The van der Waals surface area contributed by atoms with Crippen molar-refractivity contribution in [3.05, 3.63) is 11.4 Å². The Morgan fingerprint density at radius 1 is 1.43 bits per heavy atom. The molecule has 0 aliphatic carbocycles. The molecule has 1 saturated heterocycles. The van der Waals surface area contributed by atoms with Gasteiger partial charge in [-0.1, -0.05) is 6.92 Å². The number of carbonyl (C=O) groups is 1. The third-order valence-electron chi connectivity index (χ3n) is 3.75. The van der Waals surface area contributed by atoms with Gasteiger partial charge in [0.1, 0.15) is 5.69 Å². The first-order valence-electron chi connectivity index (χ1n) is 7.53. The van der Waals surface area contributed by atoms with Crippen LogP contribution in [-0.2, 0) is 18.2 Å². The van der Waals surface area contributed by atoms with Gasteiger partial charge in [0.2, 0.25) is 0 Å². The van der Waals surface area contributed by atoms with Crippen LogP contribution in [-0.4, -0.2) is 60.0 Å². The van der Waals surface area contributed by atoms with E-state index in [9.17, 15) is 4.79 Å². The zero-order chi connectivity index (χ0) is 15.2. The number of morpholine rings is 1. The number of hydrogen-bond donors (Lipinski definition) is 2. The second-order valence-electron chi connectivity index (χ2n) is 5.25. The van der Waals surface area contributed by atoms with Gasteiger partial charge in [-0.2, -0.15) is 5.10 Å². The molecule has 2 heterocycles. The quantitative estimate of drug-likeness (QED) is 0.723. The molecule has 1 aromatic heterocycles. The zero-order valence-corrected chi connectivity index (χ0v) is 12.9. The SMILES string of the molecule is CCc1nn(C)c(C(=O)NCCCN2CCOCC2)c1N. The molecule has 1 aromatic rings. The Morgan fingerprint density at radius 3 is 2.76 bits per heavy atom. The van der Waals surface area contributed by atoms with E-state index in [4.69, 9.17) is 10.5 Å². The molecule has 2 rings (SSSR count). The van der Waals surface area contributed by atoms with Crippen molar-refractivity contribution < 1.29 is 9.53 Å². The number of aromatic nitrogens is 2. The van der Waals surface area contributed by atoms with Gasteiger partial charge in [0.05, 0.1) is 24.6 Å². The summed E-state index contributed by atoms with van der Waals surface area (Å²) in [7, 11) is 1.75. The van der Waals surface area contributed by atoms with E-state index in [2.05, 4.69) is 15.3 Å². The maximum absolute atomic E-state index is 12.2. The molecule has 7 heteroatoms. The average Bonchev–Trinajstić information content (AvgIpc) is 2.79. The number of nitrogens with zero attached hydrogens (tertiary/aromatic N) is 3. The van der Waals surface area contributed by atoms with E-state index in [1.807, 2.05) is 6.92 Å². The van der Waals surface area contributed by atoms with E-state index >= 15 is 0 Å². The molecular weight excluding hydrogens is 270 g/mol. The Hall–Kier alpha value is -1.60. The number of nitrogens with one attached hydrogen (secondary N) is 1. The van der Waals surface area contributed by atoms with Gasteiger partial charge in [-0.15, -0.1) is 0 Å². The van der Waals surface area contributed by atoms with Crippen molar-refractivity contribution in [3.63, 3.8) is 0 Å². The predicted molar refractivity (Wildman–Crippen MR) is 81.2 cm³/mol. The predicted octanol–water partition coefficient (Wildman–Crippen LogP) is 0.0168. The first kappa shape index (κ1) is 15.8. The molecule has 0 bridgehead atoms. The first-order chi connectivity index (χ1) is 10.1. The van der Waals surface area contributed by atoms with Crippen molar-refractivity contribution in [2.24, 2.45) is 7.05 Å². The molecule has 0 spiro atoms. The van der Waals surface area contributed by atoms with Crippen molar-refractivity contribution in [2.75, 3.05) is 45.1 Å². The molecule has 1 aliphatic heterocycles. The van der Waals surface area contributed by atoms with Crippen LogP contribution in [0.3, 0.4) is 0 Å². The lowest BCUT2D eigenvalue weighted by Crippen LogP contribution is -2.38. The zero-order valence-electron chi connectivity index (χ0n) is 12.9. The molecule has 1 amide bonds. The van der Waals surface area contributed by atoms with Gasteiger partial charge in [-0.25, -0.2) is 0 Å². The number of rotatable bonds is 6. The molecule has 0 unspecified atom stereocenters. The molecule has 3 N–H and O–H groups in total. The minimum absolute atomic E-state index is 0.149. The Bertz CT molecular complexity index is 480. The third kappa shape index (κ3) is 3.95. The Morgan fingerprint density at radius 2 is 2.14 bits per heavy atom. The largest absolute Gasteiger partial charge is 0.395 e. The van der Waals surface area contributed by atoms with E-state index < -0.39 is 0 Å². The summed E-state index contributed by atoms with van der Waals surface area (Å²) in [5.74, 6) is -0.149. The summed E-state index contributed by atoms with van der Waals surface area (Å²) >= 11 is 0. The smallest absolute Gasteiger partial charge is 0.271 e. The topological polar surface area (TPSA) is 85.4 Å². The second kappa shape index (κ2) is 7.42. The van der Waals surface area contributed by atoms with Gasteiger partial charge in [0.25, 0.3) is 5.91 Å². The van der Waals surface area contributed by atoms with E-state index in [0.29, 0.717) is 17.9 Å². The number of aryl methyl sites for hydroxylation is 2. The summed E-state index contributed by atoms with van der Waals surface area (Å²) in [6.07, 6.45) is 1.65. The van der Waals surface area contributed by atoms with E-state index in [1.165, 1.54) is 0 Å². The number of nitrogen functional groups attached to an aromatic ring is 1. The standard InChI is InChI=1S/C14H25N5O2/c1-3-11-12(15)13(18(2)17-11)14(20)16-5-4-6-19-7-9-21-10-8-19/h3-10,15H2,1-2H3,(H,16,20). The van der Waals surface area contributed by atoms with Gasteiger partial charge < -0.3 is 15.8 Å². The number of amides is 1. The van der Waals surface area contributed by atoms with Crippen molar-refractivity contribution in [1.82, 2.24) is 20.0 Å². The maximum Gasteiger partial charge on any atom is 0.271 e. The van der Waals surface area contributed by atoms with Crippen molar-refractivity contribution in [3.8, 4) is 0 Å². The summed E-state index contributed by atoms with van der Waals surface area (Å²) in [5, 5.41) is 7.18. The summed E-state index contributed by atoms with van der Waals surface area (Å²) in [4.78, 5) is 14.5. The highest BCUT2D eigenvalue weighted by Gasteiger charge is 2.18. The number of nitrogens with two attached hydrogens (primary N) is 1. The van der Waals surface area contributed by atoms with Crippen LogP contribution in [0.25, 0.3) is 0 Å². The van der Waals surface area contributed by atoms with Crippen LogP contribution in [0.4, 0.5) is 5.69 Å². The highest BCUT2D eigenvalue weighted by Crippen LogP contribution is 2.16. The van der Waals surface area contributed by atoms with E-state index in [1.54, 1.807) is 11.7 Å². The molecule has 1 fully saturated rings.